The lowest BCUT2D eigenvalue weighted by atomic mass is 9.83. The second-order valence-corrected chi connectivity index (χ2v) is 11.6. The van der Waals surface area contributed by atoms with Crippen LogP contribution in [0.15, 0.2) is 47.4 Å². The highest BCUT2D eigenvalue weighted by Gasteiger charge is 2.39. The van der Waals surface area contributed by atoms with Crippen molar-refractivity contribution in [2.24, 2.45) is 5.92 Å². The smallest absolute Gasteiger partial charge is 0.255 e. The van der Waals surface area contributed by atoms with Crippen LogP contribution in [0.25, 0.3) is 0 Å². The molecule has 7 nitrogen and oxygen atoms in total. The van der Waals surface area contributed by atoms with Crippen LogP contribution < -0.4 is 14.8 Å². The predicted molar refractivity (Wildman–Crippen MR) is 135 cm³/mol. The topological polar surface area (TPSA) is 84.9 Å². The first kappa shape index (κ1) is 25.5. The number of hydrogen-bond acceptors (Lipinski definition) is 5. The Morgan fingerprint density at radius 2 is 1.83 bits per heavy atom. The van der Waals surface area contributed by atoms with E-state index in [4.69, 9.17) is 9.47 Å². The molecule has 1 unspecified atom stereocenters. The molecule has 1 atom stereocenters. The minimum absolute atomic E-state index is 0.113. The van der Waals surface area contributed by atoms with Crippen LogP contribution in [0.1, 0.15) is 74.8 Å². The average molecular weight is 501 g/mol. The monoisotopic (exact) mass is 500 g/mol. The molecule has 2 aliphatic rings. The average Bonchev–Trinajstić information content (AvgIpc) is 2.88. The van der Waals surface area contributed by atoms with E-state index in [1.165, 1.54) is 23.5 Å². The maximum atomic E-state index is 13.5. The van der Waals surface area contributed by atoms with E-state index in [9.17, 15) is 13.2 Å². The van der Waals surface area contributed by atoms with Crippen LogP contribution in [0.2, 0.25) is 0 Å². The Bertz CT molecular complexity index is 1170. The molecule has 2 aromatic rings. The first-order chi connectivity index (χ1) is 16.7. The van der Waals surface area contributed by atoms with Gasteiger partial charge in [0.05, 0.1) is 23.6 Å². The fourth-order valence-corrected chi connectivity index (χ4v) is 6.56. The summed E-state index contributed by atoms with van der Waals surface area (Å²) >= 11 is 0. The zero-order valence-electron chi connectivity index (χ0n) is 21.0. The van der Waals surface area contributed by atoms with Gasteiger partial charge in [-0.25, -0.2) is 8.42 Å². The highest BCUT2D eigenvalue weighted by molar-refractivity contribution is 7.89. The van der Waals surface area contributed by atoms with E-state index >= 15 is 0 Å². The summed E-state index contributed by atoms with van der Waals surface area (Å²) < 4.78 is 40.0. The second kappa shape index (κ2) is 10.2. The Morgan fingerprint density at radius 3 is 2.49 bits per heavy atom. The van der Waals surface area contributed by atoms with Crippen molar-refractivity contribution in [3.63, 3.8) is 0 Å². The fraction of sp³-hybridized carbons (Fsp3) is 0.519. The Labute approximate surface area is 208 Å². The van der Waals surface area contributed by atoms with Crippen LogP contribution in [-0.2, 0) is 10.0 Å². The third-order valence-electron chi connectivity index (χ3n) is 7.59. The standard InChI is InChI=1S/C27H36N2O5S/c1-5-27(6-2)18-23(21-9-7-8-10-25(21)34-27)28-26(30)22-17-20(11-12-24(22)33-4)35(31,32)29-15-13-19(3)14-16-29/h7-12,17,19,23H,5-6,13-16,18H2,1-4H3,(H,28,30). The van der Waals surface area contributed by atoms with E-state index in [1.807, 2.05) is 24.3 Å². The number of nitrogens with zero attached hydrogens (tertiary/aromatic N) is 1. The van der Waals surface area contributed by atoms with Crippen molar-refractivity contribution in [3.05, 3.63) is 53.6 Å². The lowest BCUT2D eigenvalue weighted by molar-refractivity contribution is 0.0227. The fourth-order valence-electron chi connectivity index (χ4n) is 5.07. The molecule has 1 fully saturated rings. The maximum Gasteiger partial charge on any atom is 0.255 e. The number of nitrogens with one attached hydrogen (secondary N) is 1. The molecule has 1 saturated heterocycles. The van der Waals surface area contributed by atoms with Crippen molar-refractivity contribution in [1.82, 2.24) is 9.62 Å². The number of benzene rings is 2. The zero-order chi connectivity index (χ0) is 25.2. The first-order valence-corrected chi connectivity index (χ1v) is 13.9. The molecule has 0 spiro atoms. The van der Waals surface area contributed by atoms with E-state index in [0.717, 1.165) is 37.0 Å². The van der Waals surface area contributed by atoms with Gasteiger partial charge in [-0.2, -0.15) is 4.31 Å². The summed E-state index contributed by atoms with van der Waals surface area (Å²) in [7, 11) is -2.22. The number of carbonyl (C=O) groups is 1. The molecule has 190 valence electrons. The van der Waals surface area contributed by atoms with Crippen LogP contribution >= 0.6 is 0 Å². The van der Waals surface area contributed by atoms with E-state index in [0.29, 0.717) is 31.2 Å². The van der Waals surface area contributed by atoms with Crippen molar-refractivity contribution < 1.29 is 22.7 Å². The Kier molecular flexibility index (Phi) is 7.43. The van der Waals surface area contributed by atoms with Crippen molar-refractivity contribution in [3.8, 4) is 11.5 Å². The molecule has 0 aromatic heterocycles. The van der Waals surface area contributed by atoms with Gasteiger partial charge in [0.2, 0.25) is 10.0 Å². The summed E-state index contributed by atoms with van der Waals surface area (Å²) in [6, 6.07) is 12.0. The normalized spacial score (nSPS) is 20.5. The third-order valence-corrected chi connectivity index (χ3v) is 9.48. The van der Waals surface area contributed by atoms with Crippen LogP contribution in [0, 0.1) is 5.92 Å². The molecule has 0 bridgehead atoms. The van der Waals surface area contributed by atoms with Crippen LogP contribution in [0.5, 0.6) is 11.5 Å². The van der Waals surface area contributed by atoms with Crippen molar-refractivity contribution in [1.29, 1.82) is 0 Å². The number of carbonyl (C=O) groups excluding carboxylic acids is 1. The van der Waals surface area contributed by atoms with Gasteiger partial charge in [0, 0.05) is 25.1 Å². The molecule has 4 rings (SSSR count). The van der Waals surface area contributed by atoms with Crippen molar-refractivity contribution in [2.45, 2.75) is 69.4 Å². The van der Waals surface area contributed by atoms with E-state index < -0.39 is 10.0 Å². The number of ether oxygens (including phenoxy) is 2. The highest BCUT2D eigenvalue weighted by atomic mass is 32.2. The molecule has 0 aliphatic carbocycles. The number of sulfonamides is 1. The van der Waals surface area contributed by atoms with E-state index in [1.54, 1.807) is 6.07 Å². The summed E-state index contributed by atoms with van der Waals surface area (Å²) in [6.45, 7) is 7.31. The van der Waals surface area contributed by atoms with Gasteiger partial charge in [0.25, 0.3) is 5.91 Å². The van der Waals surface area contributed by atoms with Crippen molar-refractivity contribution >= 4 is 15.9 Å². The highest BCUT2D eigenvalue weighted by Crippen LogP contribution is 2.43. The third kappa shape index (κ3) is 5.05. The number of rotatable bonds is 7. The molecule has 0 radical (unpaired) electrons. The lowest BCUT2D eigenvalue weighted by Crippen LogP contribution is -2.44. The number of amides is 1. The van der Waals surface area contributed by atoms with Gasteiger partial charge < -0.3 is 14.8 Å². The molecule has 2 heterocycles. The molecule has 1 N–H and O–H groups in total. The number of fused-ring (bicyclic) bond motifs is 1. The van der Waals surface area contributed by atoms with Crippen LogP contribution in [-0.4, -0.2) is 44.4 Å². The molecule has 2 aromatic carbocycles. The number of hydrogen-bond donors (Lipinski definition) is 1. The number of piperidine rings is 1. The summed E-state index contributed by atoms with van der Waals surface area (Å²) in [5, 5.41) is 3.15. The summed E-state index contributed by atoms with van der Waals surface area (Å²) in [4.78, 5) is 13.7. The molecule has 8 heteroatoms. The molecular weight excluding hydrogens is 464 g/mol. The number of para-hydroxylation sites is 1. The Balaban J connectivity index is 1.64. The maximum absolute atomic E-state index is 13.5. The SMILES string of the molecule is CCC1(CC)CC(NC(=O)c2cc(S(=O)(=O)N3CCC(C)CC3)ccc2OC)c2ccccc2O1. The van der Waals surface area contributed by atoms with Gasteiger partial charge in [0.1, 0.15) is 17.1 Å². The minimum Gasteiger partial charge on any atom is -0.496 e. The predicted octanol–water partition coefficient (Wildman–Crippen LogP) is 4.93. The Hall–Kier alpha value is -2.58. The summed E-state index contributed by atoms with van der Waals surface area (Å²) in [6.07, 6.45) is 3.94. The second-order valence-electron chi connectivity index (χ2n) is 9.71. The van der Waals surface area contributed by atoms with Gasteiger partial charge in [-0.1, -0.05) is 39.0 Å². The van der Waals surface area contributed by atoms with Gasteiger partial charge in [0.15, 0.2) is 0 Å². The summed E-state index contributed by atoms with van der Waals surface area (Å²) in [5.74, 6) is 1.26. The number of methoxy groups -OCH3 is 1. The minimum atomic E-state index is -3.70. The molecular formula is C27H36N2O5S. The van der Waals surface area contributed by atoms with Gasteiger partial charge in [-0.05, 0) is 55.9 Å². The zero-order valence-corrected chi connectivity index (χ0v) is 21.9. The Morgan fingerprint density at radius 1 is 1.14 bits per heavy atom. The molecule has 1 amide bonds. The van der Waals surface area contributed by atoms with Crippen LogP contribution in [0.4, 0.5) is 0 Å². The van der Waals surface area contributed by atoms with E-state index in [-0.39, 0.29) is 28.0 Å². The van der Waals surface area contributed by atoms with E-state index in [2.05, 4.69) is 26.1 Å². The molecule has 35 heavy (non-hydrogen) atoms. The van der Waals surface area contributed by atoms with Gasteiger partial charge >= 0.3 is 0 Å². The summed E-state index contributed by atoms with van der Waals surface area (Å²) in [5.41, 5.74) is 0.762. The van der Waals surface area contributed by atoms with Crippen molar-refractivity contribution in [2.75, 3.05) is 20.2 Å². The molecule has 2 aliphatic heterocycles. The van der Waals surface area contributed by atoms with Crippen LogP contribution in [0.3, 0.4) is 0 Å². The van der Waals surface area contributed by atoms with Gasteiger partial charge in [-0.3, -0.25) is 4.79 Å². The first-order valence-electron chi connectivity index (χ1n) is 12.5. The lowest BCUT2D eigenvalue weighted by Gasteiger charge is -2.41. The largest absolute Gasteiger partial charge is 0.496 e. The molecule has 0 saturated carbocycles. The quantitative estimate of drug-likeness (QED) is 0.583. The van der Waals surface area contributed by atoms with Gasteiger partial charge in [-0.15, -0.1) is 0 Å².